The maximum atomic E-state index is 12.8. The van der Waals surface area contributed by atoms with Gasteiger partial charge in [-0.05, 0) is 37.3 Å². The van der Waals surface area contributed by atoms with Gasteiger partial charge in [0, 0.05) is 17.1 Å². The molecule has 24 heavy (non-hydrogen) atoms. The quantitative estimate of drug-likeness (QED) is 0.903. The highest BCUT2D eigenvalue weighted by molar-refractivity contribution is 6.06. The molecule has 3 rings (SSSR count). The van der Waals surface area contributed by atoms with Crippen LogP contribution in [0.3, 0.4) is 0 Å². The summed E-state index contributed by atoms with van der Waals surface area (Å²) in [5, 5.41) is 12.9. The second-order valence-corrected chi connectivity index (χ2v) is 6.79. The highest BCUT2D eigenvalue weighted by Gasteiger charge is 2.31. The van der Waals surface area contributed by atoms with Crippen LogP contribution in [0.15, 0.2) is 30.3 Å². The second kappa shape index (κ2) is 6.59. The number of nitrogens with zero attached hydrogens (tertiary/aromatic N) is 1. The van der Waals surface area contributed by atoms with Crippen molar-refractivity contribution in [2.24, 2.45) is 5.92 Å². The molecular formula is C19H22N2O3. The van der Waals surface area contributed by atoms with Crippen LogP contribution in [0.4, 0.5) is 0 Å². The van der Waals surface area contributed by atoms with Crippen LogP contribution < -0.4 is 5.32 Å². The Kier molecular flexibility index (Phi) is 4.51. The van der Waals surface area contributed by atoms with E-state index in [0.29, 0.717) is 24.8 Å². The van der Waals surface area contributed by atoms with Crippen LogP contribution in [0.2, 0.25) is 0 Å². The summed E-state index contributed by atoms with van der Waals surface area (Å²) in [5.74, 6) is -1.05. The van der Waals surface area contributed by atoms with E-state index in [9.17, 15) is 9.59 Å². The van der Waals surface area contributed by atoms with Gasteiger partial charge in [0.2, 0.25) is 0 Å². The van der Waals surface area contributed by atoms with Gasteiger partial charge in [0.1, 0.15) is 0 Å². The summed E-state index contributed by atoms with van der Waals surface area (Å²) in [7, 11) is 0. The molecule has 5 heteroatoms. The van der Waals surface area contributed by atoms with E-state index >= 15 is 0 Å². The summed E-state index contributed by atoms with van der Waals surface area (Å²) in [5.41, 5.74) is 2.31. The predicted molar refractivity (Wildman–Crippen MR) is 92.1 cm³/mol. The van der Waals surface area contributed by atoms with Crippen molar-refractivity contribution in [3.05, 3.63) is 41.6 Å². The zero-order valence-corrected chi connectivity index (χ0v) is 14.0. The molecule has 1 aromatic carbocycles. The smallest absolute Gasteiger partial charge is 0.306 e. The highest BCUT2D eigenvalue weighted by Crippen LogP contribution is 2.27. The first-order chi connectivity index (χ1) is 11.5. The van der Waals surface area contributed by atoms with Gasteiger partial charge >= 0.3 is 5.97 Å². The van der Waals surface area contributed by atoms with Crippen molar-refractivity contribution in [3.8, 4) is 0 Å². The van der Waals surface area contributed by atoms with E-state index < -0.39 is 5.97 Å². The Labute approximate surface area is 141 Å². The highest BCUT2D eigenvalue weighted by atomic mass is 16.4. The Morgan fingerprint density at radius 1 is 1.25 bits per heavy atom. The first kappa shape index (κ1) is 16.4. The summed E-state index contributed by atoms with van der Waals surface area (Å²) in [6.07, 6.45) is 1.83. The molecule has 0 spiro atoms. The van der Waals surface area contributed by atoms with E-state index in [1.807, 2.05) is 44.2 Å². The molecule has 2 N–H and O–H groups in total. The lowest BCUT2D eigenvalue weighted by Crippen LogP contribution is -2.33. The molecule has 5 nitrogen and oxygen atoms in total. The van der Waals surface area contributed by atoms with E-state index in [4.69, 9.17) is 5.11 Å². The van der Waals surface area contributed by atoms with Crippen molar-refractivity contribution in [2.75, 3.05) is 0 Å². The number of benzene rings is 1. The average Bonchev–Trinajstić information content (AvgIpc) is 3.02. The summed E-state index contributed by atoms with van der Waals surface area (Å²) in [6.45, 7) is 4.10. The van der Waals surface area contributed by atoms with Gasteiger partial charge in [0.25, 0.3) is 5.91 Å². The van der Waals surface area contributed by atoms with Gasteiger partial charge in [-0.25, -0.2) is 0 Å². The Bertz CT molecular complexity index is 785. The SMILES string of the molecule is CC(C)c1cc(C(=O)N[C@@H]2CC[C@H](C(=O)O)C2)c2ccccc2n1. The van der Waals surface area contributed by atoms with Gasteiger partial charge in [0.15, 0.2) is 0 Å². The fraction of sp³-hybridized carbons (Fsp3) is 0.421. The number of carbonyl (C=O) groups is 2. The van der Waals surface area contributed by atoms with Crippen LogP contribution in [0.1, 0.15) is 55.1 Å². The number of carbonyl (C=O) groups excluding carboxylic acids is 1. The number of carboxylic acid groups (broad SMARTS) is 1. The lowest BCUT2D eigenvalue weighted by Gasteiger charge is -2.15. The minimum atomic E-state index is -0.775. The first-order valence-electron chi connectivity index (χ1n) is 8.39. The Hall–Kier alpha value is -2.43. The number of hydrogen-bond donors (Lipinski definition) is 2. The molecule has 2 atom stereocenters. The number of nitrogens with one attached hydrogen (secondary N) is 1. The molecule has 1 saturated carbocycles. The standard InChI is InChI=1S/C19H22N2O3/c1-11(2)17-10-15(14-5-3-4-6-16(14)21-17)18(22)20-13-8-7-12(9-13)19(23)24/h3-6,10-13H,7-9H2,1-2H3,(H,20,22)(H,23,24)/t12-,13+/m0/s1. The molecule has 0 radical (unpaired) electrons. The molecule has 0 bridgehead atoms. The third-order valence-corrected chi connectivity index (χ3v) is 4.69. The fourth-order valence-electron chi connectivity index (χ4n) is 3.28. The maximum Gasteiger partial charge on any atom is 0.306 e. The van der Waals surface area contributed by atoms with Crippen molar-refractivity contribution < 1.29 is 14.7 Å². The summed E-state index contributed by atoms with van der Waals surface area (Å²) in [6, 6.07) is 9.39. The zero-order valence-electron chi connectivity index (χ0n) is 14.0. The molecular weight excluding hydrogens is 304 g/mol. The monoisotopic (exact) mass is 326 g/mol. The summed E-state index contributed by atoms with van der Waals surface area (Å²) >= 11 is 0. The fourth-order valence-corrected chi connectivity index (χ4v) is 3.28. The lowest BCUT2D eigenvalue weighted by atomic mass is 10.0. The molecule has 0 aliphatic heterocycles. The predicted octanol–water partition coefficient (Wildman–Crippen LogP) is 3.34. The Morgan fingerprint density at radius 2 is 2.00 bits per heavy atom. The number of aliphatic carboxylic acids is 1. The van der Waals surface area contributed by atoms with Crippen molar-refractivity contribution in [3.63, 3.8) is 0 Å². The van der Waals surface area contributed by atoms with Crippen LogP contribution >= 0.6 is 0 Å². The summed E-state index contributed by atoms with van der Waals surface area (Å²) < 4.78 is 0. The van der Waals surface area contributed by atoms with Crippen LogP contribution in [0.25, 0.3) is 10.9 Å². The Morgan fingerprint density at radius 3 is 2.67 bits per heavy atom. The third kappa shape index (κ3) is 3.25. The van der Waals surface area contributed by atoms with Crippen LogP contribution in [-0.2, 0) is 4.79 Å². The summed E-state index contributed by atoms with van der Waals surface area (Å²) in [4.78, 5) is 28.5. The maximum absolute atomic E-state index is 12.8. The van der Waals surface area contributed by atoms with Gasteiger partial charge in [-0.3, -0.25) is 14.6 Å². The average molecular weight is 326 g/mol. The van der Waals surface area contributed by atoms with Gasteiger partial charge in [-0.1, -0.05) is 32.0 Å². The molecule has 1 fully saturated rings. The van der Waals surface area contributed by atoms with Gasteiger partial charge in [-0.2, -0.15) is 0 Å². The van der Waals surface area contributed by atoms with Crippen LogP contribution in [0.5, 0.6) is 0 Å². The third-order valence-electron chi connectivity index (χ3n) is 4.69. The van der Waals surface area contributed by atoms with Gasteiger partial charge < -0.3 is 10.4 Å². The molecule has 2 aromatic rings. The Balaban J connectivity index is 1.88. The first-order valence-corrected chi connectivity index (χ1v) is 8.39. The van der Waals surface area contributed by atoms with Crippen molar-refractivity contribution in [1.82, 2.24) is 10.3 Å². The molecule has 1 heterocycles. The number of fused-ring (bicyclic) bond motifs is 1. The number of carboxylic acids is 1. The zero-order chi connectivity index (χ0) is 17.3. The lowest BCUT2D eigenvalue weighted by molar-refractivity contribution is -0.141. The minimum Gasteiger partial charge on any atom is -0.481 e. The van der Waals surface area contributed by atoms with E-state index in [2.05, 4.69) is 10.3 Å². The van der Waals surface area contributed by atoms with Crippen molar-refractivity contribution in [2.45, 2.75) is 45.1 Å². The topological polar surface area (TPSA) is 79.3 Å². The van der Waals surface area contributed by atoms with Crippen molar-refractivity contribution in [1.29, 1.82) is 0 Å². The molecule has 126 valence electrons. The molecule has 1 amide bonds. The van der Waals surface area contributed by atoms with E-state index in [1.54, 1.807) is 0 Å². The van der Waals surface area contributed by atoms with Gasteiger partial charge in [0.05, 0.1) is 17.0 Å². The molecule has 1 aromatic heterocycles. The second-order valence-electron chi connectivity index (χ2n) is 6.79. The number of aromatic nitrogens is 1. The minimum absolute atomic E-state index is 0.0759. The number of pyridine rings is 1. The van der Waals surface area contributed by atoms with Gasteiger partial charge in [-0.15, -0.1) is 0 Å². The molecule has 0 unspecified atom stereocenters. The van der Waals surface area contributed by atoms with E-state index in [0.717, 1.165) is 16.6 Å². The number of para-hydroxylation sites is 1. The molecule has 1 aliphatic rings. The van der Waals surface area contributed by atoms with E-state index in [1.165, 1.54) is 0 Å². The van der Waals surface area contributed by atoms with Crippen LogP contribution in [-0.4, -0.2) is 28.0 Å². The number of amides is 1. The largest absolute Gasteiger partial charge is 0.481 e. The number of rotatable bonds is 4. The van der Waals surface area contributed by atoms with Crippen molar-refractivity contribution >= 4 is 22.8 Å². The normalized spacial score (nSPS) is 20.5. The molecule has 0 saturated heterocycles. The van der Waals surface area contributed by atoms with Crippen LogP contribution in [0, 0.1) is 5.92 Å². The number of hydrogen-bond acceptors (Lipinski definition) is 3. The molecule has 1 aliphatic carbocycles. The van der Waals surface area contributed by atoms with E-state index in [-0.39, 0.29) is 23.8 Å².